The number of benzene rings is 3. The van der Waals surface area contributed by atoms with Crippen LogP contribution in [0.4, 0.5) is 0 Å². The topological polar surface area (TPSA) is 38.0 Å². The second kappa shape index (κ2) is 8.68. The van der Waals surface area contributed by atoms with E-state index >= 15 is 0 Å². The van der Waals surface area contributed by atoms with Gasteiger partial charge in [0, 0.05) is 28.1 Å². The molecule has 3 nitrogen and oxygen atoms in total. The first kappa shape index (κ1) is 19.5. The number of rotatable bonds is 7. The zero-order valence-corrected chi connectivity index (χ0v) is 17.2. The Morgan fingerprint density at radius 2 is 1.45 bits per heavy atom. The van der Waals surface area contributed by atoms with Crippen molar-refractivity contribution in [2.24, 2.45) is 0 Å². The van der Waals surface area contributed by atoms with Crippen molar-refractivity contribution in [2.75, 3.05) is 0 Å². The largest absolute Gasteiger partial charge is 0.387 e. The molecule has 146 valence electrons. The number of aliphatic hydroxyl groups is 1. The van der Waals surface area contributed by atoms with Gasteiger partial charge in [-0.3, -0.25) is 0 Å². The molecule has 0 aliphatic carbocycles. The van der Waals surface area contributed by atoms with Crippen molar-refractivity contribution in [3.05, 3.63) is 115 Å². The SMILES string of the molecule is CC(O)(Cn1ccnc1)C(c1ccccc1)c1ccc(Sc2ccccc2)cc1. The summed E-state index contributed by atoms with van der Waals surface area (Å²) in [7, 11) is 0. The van der Waals surface area contributed by atoms with Crippen LogP contribution < -0.4 is 0 Å². The number of hydrogen-bond acceptors (Lipinski definition) is 3. The Kier molecular flexibility index (Phi) is 5.84. The molecule has 0 fully saturated rings. The number of nitrogens with zero attached hydrogens (tertiary/aromatic N) is 2. The summed E-state index contributed by atoms with van der Waals surface area (Å²) in [5, 5.41) is 11.5. The Hall–Kier alpha value is -2.82. The highest BCUT2D eigenvalue weighted by molar-refractivity contribution is 7.99. The van der Waals surface area contributed by atoms with Gasteiger partial charge in [0.15, 0.2) is 0 Å². The maximum Gasteiger partial charge on any atom is 0.0946 e. The minimum Gasteiger partial charge on any atom is -0.387 e. The first-order valence-corrected chi connectivity index (χ1v) is 10.5. The molecular formula is C25H24N2OS. The first-order chi connectivity index (χ1) is 14.1. The Bertz CT molecular complexity index is 1010. The Morgan fingerprint density at radius 3 is 2.07 bits per heavy atom. The van der Waals surface area contributed by atoms with Gasteiger partial charge < -0.3 is 9.67 Å². The van der Waals surface area contributed by atoms with Gasteiger partial charge in [0.2, 0.25) is 0 Å². The van der Waals surface area contributed by atoms with E-state index in [9.17, 15) is 5.11 Å². The highest BCUT2D eigenvalue weighted by atomic mass is 32.2. The third kappa shape index (κ3) is 4.78. The summed E-state index contributed by atoms with van der Waals surface area (Å²) >= 11 is 1.74. The van der Waals surface area contributed by atoms with E-state index in [-0.39, 0.29) is 5.92 Å². The van der Waals surface area contributed by atoms with Crippen molar-refractivity contribution in [3.8, 4) is 0 Å². The maximum atomic E-state index is 11.5. The molecule has 29 heavy (non-hydrogen) atoms. The summed E-state index contributed by atoms with van der Waals surface area (Å²) in [6.07, 6.45) is 5.37. The second-order valence-electron chi connectivity index (χ2n) is 7.42. The van der Waals surface area contributed by atoms with Gasteiger partial charge in [0.05, 0.1) is 18.5 Å². The summed E-state index contributed by atoms with van der Waals surface area (Å²) in [6.45, 7) is 2.37. The Labute approximate surface area is 176 Å². The molecule has 0 spiro atoms. The van der Waals surface area contributed by atoms with Gasteiger partial charge in [0.25, 0.3) is 0 Å². The van der Waals surface area contributed by atoms with E-state index in [0.717, 1.165) is 11.1 Å². The zero-order chi connectivity index (χ0) is 20.1. The molecule has 0 radical (unpaired) electrons. The molecule has 2 unspecified atom stereocenters. The molecule has 4 aromatic rings. The number of hydrogen-bond donors (Lipinski definition) is 1. The summed E-state index contributed by atoms with van der Waals surface area (Å²) < 4.78 is 1.93. The second-order valence-corrected chi connectivity index (χ2v) is 8.57. The van der Waals surface area contributed by atoms with Gasteiger partial charge in [-0.05, 0) is 42.3 Å². The van der Waals surface area contributed by atoms with Crippen LogP contribution in [0.1, 0.15) is 24.0 Å². The van der Waals surface area contributed by atoms with Crippen molar-refractivity contribution in [1.29, 1.82) is 0 Å². The van der Waals surface area contributed by atoms with Crippen LogP contribution in [0.15, 0.2) is 113 Å². The molecule has 2 atom stereocenters. The fourth-order valence-corrected chi connectivity index (χ4v) is 4.59. The minimum absolute atomic E-state index is 0.151. The van der Waals surface area contributed by atoms with Crippen LogP contribution in [0.25, 0.3) is 0 Å². The Balaban J connectivity index is 1.64. The zero-order valence-electron chi connectivity index (χ0n) is 16.3. The van der Waals surface area contributed by atoms with Crippen LogP contribution in [-0.4, -0.2) is 20.3 Å². The quantitative estimate of drug-likeness (QED) is 0.438. The lowest BCUT2D eigenvalue weighted by atomic mass is 9.78. The lowest BCUT2D eigenvalue weighted by Crippen LogP contribution is -2.38. The normalized spacial score (nSPS) is 14.3. The molecule has 4 heteroatoms. The van der Waals surface area contributed by atoms with Gasteiger partial charge in [0.1, 0.15) is 0 Å². The molecule has 0 amide bonds. The number of imidazole rings is 1. The van der Waals surface area contributed by atoms with Crippen molar-refractivity contribution >= 4 is 11.8 Å². The average molecular weight is 401 g/mol. The lowest BCUT2D eigenvalue weighted by molar-refractivity contribution is 0.0252. The predicted molar refractivity (Wildman–Crippen MR) is 118 cm³/mol. The Morgan fingerprint density at radius 1 is 0.862 bits per heavy atom. The van der Waals surface area contributed by atoms with Crippen LogP contribution >= 0.6 is 11.8 Å². The predicted octanol–water partition coefficient (Wildman–Crippen LogP) is 5.62. The van der Waals surface area contributed by atoms with Gasteiger partial charge in [-0.1, -0.05) is 72.4 Å². The fraction of sp³-hybridized carbons (Fsp3) is 0.160. The van der Waals surface area contributed by atoms with Crippen molar-refractivity contribution < 1.29 is 5.11 Å². The summed E-state index contributed by atoms with van der Waals surface area (Å²) in [5.74, 6) is -0.151. The van der Waals surface area contributed by atoms with Crippen LogP contribution in [0.3, 0.4) is 0 Å². The molecule has 3 aromatic carbocycles. The molecule has 0 bridgehead atoms. The molecular weight excluding hydrogens is 376 g/mol. The average Bonchev–Trinajstić information content (AvgIpc) is 3.23. The van der Waals surface area contributed by atoms with E-state index in [2.05, 4.69) is 65.6 Å². The minimum atomic E-state index is -0.976. The molecule has 0 aliphatic heterocycles. The molecule has 4 rings (SSSR count). The summed E-state index contributed by atoms with van der Waals surface area (Å²) in [6, 6.07) is 29.1. The van der Waals surface area contributed by atoms with Crippen LogP contribution in [0.5, 0.6) is 0 Å². The summed E-state index contributed by atoms with van der Waals surface area (Å²) in [4.78, 5) is 6.51. The highest BCUT2D eigenvalue weighted by Crippen LogP contribution is 2.37. The van der Waals surface area contributed by atoms with Gasteiger partial charge >= 0.3 is 0 Å². The van der Waals surface area contributed by atoms with Gasteiger partial charge in [-0.25, -0.2) is 4.98 Å². The van der Waals surface area contributed by atoms with Crippen LogP contribution in [-0.2, 0) is 6.54 Å². The van der Waals surface area contributed by atoms with Crippen LogP contribution in [0.2, 0.25) is 0 Å². The monoisotopic (exact) mass is 400 g/mol. The molecule has 0 saturated heterocycles. The van der Waals surface area contributed by atoms with Crippen molar-refractivity contribution in [3.63, 3.8) is 0 Å². The van der Waals surface area contributed by atoms with E-state index in [1.54, 1.807) is 24.3 Å². The molecule has 1 heterocycles. The van der Waals surface area contributed by atoms with E-state index in [0.29, 0.717) is 6.54 Å². The first-order valence-electron chi connectivity index (χ1n) is 9.68. The van der Waals surface area contributed by atoms with Crippen molar-refractivity contribution in [2.45, 2.75) is 34.8 Å². The van der Waals surface area contributed by atoms with E-state index in [4.69, 9.17) is 0 Å². The van der Waals surface area contributed by atoms with E-state index in [1.165, 1.54) is 9.79 Å². The molecule has 1 aromatic heterocycles. The van der Waals surface area contributed by atoms with E-state index < -0.39 is 5.60 Å². The number of aromatic nitrogens is 2. The fourth-order valence-electron chi connectivity index (χ4n) is 3.75. The van der Waals surface area contributed by atoms with Crippen LogP contribution in [0, 0.1) is 0 Å². The molecule has 1 N–H and O–H groups in total. The standard InChI is InChI=1S/C25H24N2OS/c1-25(28,18-27-17-16-26-19-27)24(20-8-4-2-5-9-20)21-12-14-23(15-13-21)29-22-10-6-3-7-11-22/h2-17,19,24,28H,18H2,1H3. The highest BCUT2D eigenvalue weighted by Gasteiger charge is 2.34. The molecule has 0 aliphatic rings. The molecule has 0 saturated carbocycles. The third-order valence-electron chi connectivity index (χ3n) is 5.01. The van der Waals surface area contributed by atoms with Crippen molar-refractivity contribution in [1.82, 2.24) is 9.55 Å². The van der Waals surface area contributed by atoms with Gasteiger partial charge in [-0.2, -0.15) is 0 Å². The summed E-state index contributed by atoms with van der Waals surface area (Å²) in [5.41, 5.74) is 1.22. The van der Waals surface area contributed by atoms with E-state index in [1.807, 2.05) is 42.0 Å². The maximum absolute atomic E-state index is 11.5. The third-order valence-corrected chi connectivity index (χ3v) is 6.02. The smallest absolute Gasteiger partial charge is 0.0946 e. The lowest BCUT2D eigenvalue weighted by Gasteiger charge is -2.34. The van der Waals surface area contributed by atoms with Gasteiger partial charge in [-0.15, -0.1) is 0 Å².